The van der Waals surface area contributed by atoms with Crippen LogP contribution in [-0.2, 0) is 6.54 Å². The molecule has 0 spiro atoms. The number of halogens is 2. The summed E-state index contributed by atoms with van der Waals surface area (Å²) in [6.07, 6.45) is 2.54. The van der Waals surface area contributed by atoms with Crippen LogP contribution in [0.5, 0.6) is 0 Å². The fourth-order valence-corrected chi connectivity index (χ4v) is 2.28. The minimum absolute atomic E-state index is 0.278. The molecular formula is C16H15ClFN. The predicted molar refractivity (Wildman–Crippen MR) is 76.7 cm³/mol. The van der Waals surface area contributed by atoms with Crippen molar-refractivity contribution in [1.82, 2.24) is 5.32 Å². The van der Waals surface area contributed by atoms with Crippen LogP contribution in [-0.4, -0.2) is 6.04 Å². The molecule has 0 saturated heterocycles. The Hall–Kier alpha value is -1.38. The van der Waals surface area contributed by atoms with Crippen LogP contribution in [0.2, 0.25) is 5.02 Å². The molecule has 19 heavy (non-hydrogen) atoms. The van der Waals surface area contributed by atoms with Gasteiger partial charge in [0.25, 0.3) is 0 Å². The van der Waals surface area contributed by atoms with E-state index >= 15 is 0 Å². The summed E-state index contributed by atoms with van der Waals surface area (Å²) in [5.41, 5.74) is 2.67. The van der Waals surface area contributed by atoms with Crippen LogP contribution in [0.25, 0.3) is 11.1 Å². The largest absolute Gasteiger partial charge is 0.310 e. The lowest BCUT2D eigenvalue weighted by molar-refractivity contribution is 0.631. The van der Waals surface area contributed by atoms with Crippen molar-refractivity contribution in [3.8, 4) is 11.1 Å². The first-order valence-corrected chi connectivity index (χ1v) is 6.88. The molecule has 1 fully saturated rings. The van der Waals surface area contributed by atoms with Crippen molar-refractivity contribution in [1.29, 1.82) is 0 Å². The average Bonchev–Trinajstić information content (AvgIpc) is 3.21. The third-order valence-electron chi connectivity index (χ3n) is 3.34. The van der Waals surface area contributed by atoms with Crippen molar-refractivity contribution in [2.75, 3.05) is 0 Å². The summed E-state index contributed by atoms with van der Waals surface area (Å²) in [6, 6.07) is 13.5. The molecule has 1 aliphatic rings. The van der Waals surface area contributed by atoms with Crippen molar-refractivity contribution in [3.05, 3.63) is 58.9 Å². The molecule has 1 nitrogen and oxygen atoms in total. The molecule has 3 heteroatoms. The van der Waals surface area contributed by atoms with Crippen molar-refractivity contribution in [3.63, 3.8) is 0 Å². The van der Waals surface area contributed by atoms with E-state index in [9.17, 15) is 4.39 Å². The van der Waals surface area contributed by atoms with E-state index in [2.05, 4.69) is 11.4 Å². The van der Waals surface area contributed by atoms with Gasteiger partial charge < -0.3 is 5.32 Å². The Labute approximate surface area is 117 Å². The van der Waals surface area contributed by atoms with Crippen LogP contribution in [0.3, 0.4) is 0 Å². The van der Waals surface area contributed by atoms with E-state index < -0.39 is 0 Å². The lowest BCUT2D eigenvalue weighted by atomic mass is 10.0. The van der Waals surface area contributed by atoms with Gasteiger partial charge in [-0.3, -0.25) is 0 Å². The first kappa shape index (κ1) is 12.6. The molecule has 0 heterocycles. The van der Waals surface area contributed by atoms with Crippen LogP contribution in [0.1, 0.15) is 18.4 Å². The van der Waals surface area contributed by atoms with Crippen LogP contribution in [0.4, 0.5) is 4.39 Å². The monoisotopic (exact) mass is 275 g/mol. The topological polar surface area (TPSA) is 12.0 Å². The number of rotatable bonds is 4. The highest BCUT2D eigenvalue weighted by Gasteiger charge is 2.19. The molecular weight excluding hydrogens is 261 g/mol. The van der Waals surface area contributed by atoms with Gasteiger partial charge in [-0.05, 0) is 48.2 Å². The quantitative estimate of drug-likeness (QED) is 0.872. The van der Waals surface area contributed by atoms with Gasteiger partial charge in [-0.25, -0.2) is 4.39 Å². The van der Waals surface area contributed by atoms with Crippen LogP contribution in [0.15, 0.2) is 42.5 Å². The van der Waals surface area contributed by atoms with E-state index in [-0.39, 0.29) is 5.82 Å². The first-order valence-electron chi connectivity index (χ1n) is 6.50. The van der Waals surface area contributed by atoms with Crippen molar-refractivity contribution in [2.24, 2.45) is 0 Å². The van der Waals surface area contributed by atoms with E-state index in [1.165, 1.54) is 24.5 Å². The second-order valence-corrected chi connectivity index (χ2v) is 5.42. The normalized spacial score (nSPS) is 14.6. The van der Waals surface area contributed by atoms with E-state index in [0.717, 1.165) is 12.1 Å². The maximum absolute atomic E-state index is 13.9. The van der Waals surface area contributed by atoms with Gasteiger partial charge in [-0.15, -0.1) is 0 Å². The number of hydrogen-bond acceptors (Lipinski definition) is 1. The third kappa shape index (κ3) is 3.14. The zero-order valence-corrected chi connectivity index (χ0v) is 11.3. The molecule has 1 N–H and O–H groups in total. The van der Waals surface area contributed by atoms with Gasteiger partial charge in [0, 0.05) is 23.2 Å². The summed E-state index contributed by atoms with van der Waals surface area (Å²) in [5, 5.41) is 3.88. The minimum Gasteiger partial charge on any atom is -0.310 e. The maximum atomic E-state index is 13.9. The molecule has 0 aliphatic heterocycles. The molecule has 1 saturated carbocycles. The maximum Gasteiger partial charge on any atom is 0.132 e. The Morgan fingerprint density at radius 1 is 1.16 bits per heavy atom. The highest BCUT2D eigenvalue weighted by atomic mass is 35.5. The fourth-order valence-electron chi connectivity index (χ4n) is 2.12. The Balaban J connectivity index is 1.84. The SMILES string of the molecule is Fc1cc(Cl)ccc1-c1cccc(CNC2CC2)c1. The Kier molecular flexibility index (Phi) is 3.54. The van der Waals surface area contributed by atoms with Crippen molar-refractivity contribution >= 4 is 11.6 Å². The summed E-state index contributed by atoms with van der Waals surface area (Å²) in [7, 11) is 0. The summed E-state index contributed by atoms with van der Waals surface area (Å²) < 4.78 is 13.9. The average molecular weight is 276 g/mol. The van der Waals surface area contributed by atoms with E-state index in [4.69, 9.17) is 11.6 Å². The van der Waals surface area contributed by atoms with E-state index in [1.54, 1.807) is 12.1 Å². The molecule has 98 valence electrons. The van der Waals surface area contributed by atoms with Crippen molar-refractivity contribution < 1.29 is 4.39 Å². The highest BCUT2D eigenvalue weighted by molar-refractivity contribution is 6.30. The molecule has 2 aromatic rings. The lowest BCUT2D eigenvalue weighted by Crippen LogP contribution is -2.15. The van der Waals surface area contributed by atoms with Gasteiger partial charge in [0.1, 0.15) is 5.82 Å². The second kappa shape index (κ2) is 5.32. The second-order valence-electron chi connectivity index (χ2n) is 4.98. The highest BCUT2D eigenvalue weighted by Crippen LogP contribution is 2.26. The molecule has 1 aliphatic carbocycles. The van der Waals surface area contributed by atoms with E-state index in [1.807, 2.05) is 18.2 Å². The molecule has 0 amide bonds. The van der Waals surface area contributed by atoms with Crippen LogP contribution >= 0.6 is 11.6 Å². The van der Waals surface area contributed by atoms with Gasteiger partial charge in [0.2, 0.25) is 0 Å². The first-order chi connectivity index (χ1) is 9.22. The zero-order valence-electron chi connectivity index (χ0n) is 10.5. The van der Waals surface area contributed by atoms with Crippen LogP contribution in [0, 0.1) is 5.82 Å². The molecule has 0 aromatic heterocycles. The van der Waals surface area contributed by atoms with Gasteiger partial charge in [0.15, 0.2) is 0 Å². The zero-order chi connectivity index (χ0) is 13.2. The standard InChI is InChI=1S/C16H15ClFN/c17-13-4-7-15(16(18)9-13)12-3-1-2-11(8-12)10-19-14-5-6-14/h1-4,7-9,14,19H,5-6,10H2. The Morgan fingerprint density at radius 2 is 2.00 bits per heavy atom. The molecule has 0 unspecified atom stereocenters. The number of nitrogens with one attached hydrogen (secondary N) is 1. The molecule has 2 aromatic carbocycles. The Morgan fingerprint density at radius 3 is 2.74 bits per heavy atom. The van der Waals surface area contributed by atoms with Gasteiger partial charge >= 0.3 is 0 Å². The summed E-state index contributed by atoms with van der Waals surface area (Å²) in [6.45, 7) is 0.841. The molecule has 3 rings (SSSR count). The number of benzene rings is 2. The summed E-state index contributed by atoms with van der Waals surface area (Å²) in [4.78, 5) is 0. The van der Waals surface area contributed by atoms with Crippen LogP contribution < -0.4 is 5.32 Å². The number of hydrogen-bond donors (Lipinski definition) is 1. The van der Waals surface area contributed by atoms with Gasteiger partial charge in [-0.2, -0.15) is 0 Å². The fraction of sp³-hybridized carbons (Fsp3) is 0.250. The third-order valence-corrected chi connectivity index (χ3v) is 3.58. The minimum atomic E-state index is -0.278. The molecule has 0 atom stereocenters. The van der Waals surface area contributed by atoms with E-state index in [0.29, 0.717) is 16.6 Å². The van der Waals surface area contributed by atoms with Gasteiger partial charge in [-0.1, -0.05) is 29.8 Å². The molecule has 0 radical (unpaired) electrons. The summed E-state index contributed by atoms with van der Waals surface area (Å²) >= 11 is 5.78. The smallest absolute Gasteiger partial charge is 0.132 e. The van der Waals surface area contributed by atoms with Gasteiger partial charge in [0.05, 0.1) is 0 Å². The molecule has 0 bridgehead atoms. The Bertz CT molecular complexity index is 593. The predicted octanol–water partition coefficient (Wildman–Crippen LogP) is 4.40. The van der Waals surface area contributed by atoms with Crippen molar-refractivity contribution in [2.45, 2.75) is 25.4 Å². The lowest BCUT2D eigenvalue weighted by Gasteiger charge is -2.08. The summed E-state index contributed by atoms with van der Waals surface area (Å²) in [5.74, 6) is -0.278.